The van der Waals surface area contributed by atoms with Crippen molar-refractivity contribution in [1.29, 1.82) is 0 Å². The van der Waals surface area contributed by atoms with Gasteiger partial charge in [-0.1, -0.05) is 30.3 Å². The lowest BCUT2D eigenvalue weighted by Gasteiger charge is -2.50. The minimum Gasteiger partial charge on any atom is -0.437 e. The van der Waals surface area contributed by atoms with Crippen LogP contribution in [0.3, 0.4) is 0 Å². The standard InChI is InChI=1S/C21H27N3O5S/c1-20(2)15(19(27)29-11-28-5)23-17(26)14(18(23)30-20)24-16(25)13(22-21(24,3)4)12-9-7-6-8-10-12/h6-10,13-15,18,22H,11H2,1-5H3. The van der Waals surface area contributed by atoms with E-state index in [4.69, 9.17) is 9.47 Å². The van der Waals surface area contributed by atoms with Gasteiger partial charge < -0.3 is 19.3 Å². The molecular formula is C21H27N3O5S. The van der Waals surface area contributed by atoms with Gasteiger partial charge >= 0.3 is 5.97 Å². The van der Waals surface area contributed by atoms with Crippen molar-refractivity contribution in [2.45, 2.75) is 61.6 Å². The highest BCUT2D eigenvalue weighted by Crippen LogP contribution is 2.54. The molecule has 2 amide bonds. The molecule has 0 radical (unpaired) electrons. The average molecular weight is 434 g/mol. The van der Waals surface area contributed by atoms with Crippen LogP contribution in [-0.2, 0) is 23.9 Å². The minimum absolute atomic E-state index is 0.131. The first kappa shape index (κ1) is 21.1. The van der Waals surface area contributed by atoms with E-state index in [0.29, 0.717) is 0 Å². The van der Waals surface area contributed by atoms with Gasteiger partial charge in [0, 0.05) is 11.9 Å². The lowest BCUT2D eigenvalue weighted by atomic mass is 9.94. The number of carbonyl (C=O) groups excluding carboxylic acids is 3. The number of amides is 2. The molecule has 0 saturated carbocycles. The third-order valence-corrected chi connectivity index (χ3v) is 7.51. The van der Waals surface area contributed by atoms with Crippen LogP contribution in [0.5, 0.6) is 0 Å². The van der Waals surface area contributed by atoms with Crippen LogP contribution in [0.1, 0.15) is 39.3 Å². The van der Waals surface area contributed by atoms with Crippen molar-refractivity contribution in [3.05, 3.63) is 35.9 Å². The van der Waals surface area contributed by atoms with E-state index in [1.807, 2.05) is 58.0 Å². The summed E-state index contributed by atoms with van der Waals surface area (Å²) in [7, 11) is 1.44. The smallest absolute Gasteiger partial charge is 0.332 e. The molecule has 4 atom stereocenters. The van der Waals surface area contributed by atoms with Crippen LogP contribution < -0.4 is 5.32 Å². The molecule has 30 heavy (non-hydrogen) atoms. The molecule has 0 bridgehead atoms. The molecule has 4 rings (SSSR count). The highest BCUT2D eigenvalue weighted by atomic mass is 32.2. The summed E-state index contributed by atoms with van der Waals surface area (Å²) in [6, 6.07) is 7.63. The number of esters is 1. The Kier molecular flexibility index (Phi) is 5.11. The van der Waals surface area contributed by atoms with E-state index in [2.05, 4.69) is 5.32 Å². The van der Waals surface area contributed by atoms with E-state index in [1.54, 1.807) is 9.80 Å². The van der Waals surface area contributed by atoms with Crippen molar-refractivity contribution in [3.8, 4) is 0 Å². The van der Waals surface area contributed by atoms with Crippen LogP contribution >= 0.6 is 11.8 Å². The fourth-order valence-electron chi connectivity index (χ4n) is 4.66. The predicted molar refractivity (Wildman–Crippen MR) is 111 cm³/mol. The Balaban J connectivity index is 1.60. The molecule has 8 nitrogen and oxygen atoms in total. The Bertz CT molecular complexity index is 875. The summed E-state index contributed by atoms with van der Waals surface area (Å²) in [4.78, 5) is 42.4. The quantitative estimate of drug-likeness (QED) is 0.427. The number of rotatable bonds is 5. The van der Waals surface area contributed by atoms with Gasteiger partial charge in [0.25, 0.3) is 0 Å². The van der Waals surface area contributed by atoms with Gasteiger partial charge in [-0.2, -0.15) is 0 Å². The number of β-lactam (4-membered cyclic amide) rings is 1. The summed E-state index contributed by atoms with van der Waals surface area (Å²) in [5.74, 6) is -0.849. The first-order valence-corrected chi connectivity index (χ1v) is 10.8. The second kappa shape index (κ2) is 7.25. The molecule has 0 aliphatic carbocycles. The van der Waals surface area contributed by atoms with E-state index in [-0.39, 0.29) is 24.0 Å². The zero-order valence-corrected chi connectivity index (χ0v) is 18.6. The summed E-state index contributed by atoms with van der Waals surface area (Å²) in [6.07, 6.45) is 0. The molecule has 9 heteroatoms. The molecule has 1 N–H and O–H groups in total. The maximum Gasteiger partial charge on any atom is 0.332 e. The van der Waals surface area contributed by atoms with Crippen LogP contribution in [0.25, 0.3) is 0 Å². The molecule has 1 aromatic rings. The molecule has 162 valence electrons. The zero-order valence-electron chi connectivity index (χ0n) is 17.7. The van der Waals surface area contributed by atoms with Crippen LogP contribution in [0.4, 0.5) is 0 Å². The number of benzene rings is 1. The topological polar surface area (TPSA) is 88.2 Å². The van der Waals surface area contributed by atoms with E-state index >= 15 is 0 Å². The fourth-order valence-corrected chi connectivity index (χ4v) is 6.33. The van der Waals surface area contributed by atoms with Gasteiger partial charge in [-0.15, -0.1) is 11.8 Å². The van der Waals surface area contributed by atoms with Gasteiger partial charge in [0.1, 0.15) is 23.5 Å². The summed E-state index contributed by atoms with van der Waals surface area (Å²) in [6.45, 7) is 7.48. The third kappa shape index (κ3) is 3.11. The van der Waals surface area contributed by atoms with Crippen molar-refractivity contribution in [3.63, 3.8) is 0 Å². The van der Waals surface area contributed by atoms with Crippen molar-refractivity contribution in [2.75, 3.05) is 13.9 Å². The third-order valence-electron chi connectivity index (χ3n) is 5.95. The van der Waals surface area contributed by atoms with Crippen LogP contribution in [0, 0.1) is 0 Å². The van der Waals surface area contributed by atoms with Crippen molar-refractivity contribution in [2.24, 2.45) is 0 Å². The lowest BCUT2D eigenvalue weighted by Crippen LogP contribution is -2.73. The van der Waals surface area contributed by atoms with Gasteiger partial charge in [-0.05, 0) is 33.3 Å². The van der Waals surface area contributed by atoms with E-state index in [1.165, 1.54) is 18.9 Å². The number of hydrogen-bond acceptors (Lipinski definition) is 7. The number of thioether (sulfide) groups is 1. The fraction of sp³-hybridized carbons (Fsp3) is 0.571. The average Bonchev–Trinajstić information content (AvgIpc) is 3.09. The summed E-state index contributed by atoms with van der Waals surface area (Å²) < 4.78 is 9.44. The number of nitrogens with zero attached hydrogens (tertiary/aromatic N) is 2. The van der Waals surface area contributed by atoms with Gasteiger partial charge in [-0.3, -0.25) is 14.9 Å². The maximum absolute atomic E-state index is 13.4. The Morgan fingerprint density at radius 3 is 2.43 bits per heavy atom. The van der Waals surface area contributed by atoms with Crippen molar-refractivity contribution in [1.82, 2.24) is 15.1 Å². The van der Waals surface area contributed by atoms with Crippen molar-refractivity contribution < 1.29 is 23.9 Å². The Morgan fingerprint density at radius 2 is 1.80 bits per heavy atom. The zero-order chi connectivity index (χ0) is 21.8. The lowest BCUT2D eigenvalue weighted by molar-refractivity contribution is -0.176. The number of nitrogens with one attached hydrogen (secondary N) is 1. The molecule has 3 fully saturated rings. The van der Waals surface area contributed by atoms with Crippen LogP contribution in [0.15, 0.2) is 30.3 Å². The van der Waals surface area contributed by atoms with Crippen LogP contribution in [-0.4, -0.2) is 69.4 Å². The number of carbonyl (C=O) groups is 3. The number of ether oxygens (including phenoxy) is 2. The summed E-state index contributed by atoms with van der Waals surface area (Å²) >= 11 is 1.53. The molecule has 0 spiro atoms. The highest BCUT2D eigenvalue weighted by Gasteiger charge is 2.68. The minimum atomic E-state index is -0.718. The number of methoxy groups -OCH3 is 1. The molecule has 3 saturated heterocycles. The predicted octanol–water partition coefficient (Wildman–Crippen LogP) is 1.47. The molecule has 3 aliphatic heterocycles. The normalized spacial score (nSPS) is 31.5. The molecular weight excluding hydrogens is 406 g/mol. The van der Waals surface area contributed by atoms with E-state index in [0.717, 1.165) is 5.56 Å². The van der Waals surface area contributed by atoms with E-state index in [9.17, 15) is 14.4 Å². The number of fused-ring (bicyclic) bond motifs is 1. The molecule has 0 aromatic heterocycles. The summed E-state index contributed by atoms with van der Waals surface area (Å²) in [5, 5.41) is 3.07. The second-order valence-corrected chi connectivity index (χ2v) is 10.6. The first-order valence-electron chi connectivity index (χ1n) is 9.91. The van der Waals surface area contributed by atoms with Gasteiger partial charge in [-0.25, -0.2) is 4.79 Å². The molecule has 4 unspecified atom stereocenters. The highest BCUT2D eigenvalue weighted by molar-refractivity contribution is 8.01. The Hall–Kier alpha value is -2.10. The summed E-state index contributed by atoms with van der Waals surface area (Å²) in [5.41, 5.74) is 0.158. The van der Waals surface area contributed by atoms with Crippen molar-refractivity contribution >= 4 is 29.5 Å². The first-order chi connectivity index (χ1) is 14.1. The van der Waals surface area contributed by atoms with Gasteiger partial charge in [0.05, 0.1) is 5.66 Å². The monoisotopic (exact) mass is 433 g/mol. The van der Waals surface area contributed by atoms with E-state index < -0.39 is 34.5 Å². The number of hydrogen-bond donors (Lipinski definition) is 1. The Morgan fingerprint density at radius 1 is 1.13 bits per heavy atom. The van der Waals surface area contributed by atoms with Gasteiger partial charge in [0.15, 0.2) is 6.79 Å². The second-order valence-electron chi connectivity index (χ2n) is 8.83. The maximum atomic E-state index is 13.4. The van der Waals surface area contributed by atoms with Gasteiger partial charge in [0.2, 0.25) is 11.8 Å². The largest absolute Gasteiger partial charge is 0.437 e. The molecule has 3 aliphatic rings. The molecule has 1 aromatic carbocycles. The SMILES string of the molecule is COCOC(=O)C1N2C(=O)C(N3C(=O)C(c4ccccc4)NC3(C)C)C2SC1(C)C. The molecule has 3 heterocycles. The Labute approximate surface area is 180 Å². The van der Waals surface area contributed by atoms with Crippen LogP contribution in [0.2, 0.25) is 0 Å².